The predicted octanol–water partition coefficient (Wildman–Crippen LogP) is 4.36. The first kappa shape index (κ1) is 14.2. The fourth-order valence-corrected chi connectivity index (χ4v) is 2.09. The lowest BCUT2D eigenvalue weighted by Crippen LogP contribution is -2.12. The van der Waals surface area contributed by atoms with Crippen molar-refractivity contribution in [2.45, 2.75) is 17.4 Å². The molecule has 1 rings (SSSR count). The smallest absolute Gasteiger partial charge is 0.390 e. The molecule has 0 aromatic heterocycles. The fourth-order valence-electron chi connectivity index (χ4n) is 1.28. The third-order valence-corrected chi connectivity index (χ3v) is 2.79. The maximum Gasteiger partial charge on any atom is 0.390 e. The molecule has 0 radical (unpaired) electrons. The average molecular weight is 319 g/mol. The van der Waals surface area contributed by atoms with E-state index in [0.29, 0.717) is 0 Å². The Morgan fingerprint density at radius 3 is 2.06 bits per heavy atom. The normalized spacial score (nSPS) is 13.6. The number of benzene rings is 1. The number of hydrogen-bond donors (Lipinski definition) is 0. The van der Waals surface area contributed by atoms with Gasteiger partial charge >= 0.3 is 6.18 Å². The molecule has 1 aromatic rings. The van der Waals surface area contributed by atoms with E-state index in [1.54, 1.807) is 0 Å². The first-order valence-corrected chi connectivity index (χ1v) is 5.40. The molecule has 0 aliphatic heterocycles. The zero-order valence-electron chi connectivity index (χ0n) is 8.62. The molecular weight excluding hydrogens is 311 g/mol. The van der Waals surface area contributed by atoms with Crippen molar-refractivity contribution in [3.8, 4) is 5.75 Å². The zero-order valence-corrected chi connectivity index (χ0v) is 10.2. The molecule has 17 heavy (non-hydrogen) atoms. The van der Waals surface area contributed by atoms with Gasteiger partial charge in [-0.2, -0.15) is 13.2 Å². The summed E-state index contributed by atoms with van der Waals surface area (Å²) in [6.45, 7) is 0. The van der Waals surface area contributed by atoms with Gasteiger partial charge in [0, 0.05) is 17.7 Å². The molecule has 0 bridgehead atoms. The van der Waals surface area contributed by atoms with Crippen molar-refractivity contribution in [2.75, 3.05) is 7.11 Å². The quantitative estimate of drug-likeness (QED) is 0.594. The van der Waals surface area contributed by atoms with Crippen molar-refractivity contribution in [1.82, 2.24) is 0 Å². The van der Waals surface area contributed by atoms with Gasteiger partial charge in [0.2, 0.25) is 0 Å². The molecular formula is C10H8BrF5O. The summed E-state index contributed by atoms with van der Waals surface area (Å²) < 4.78 is 67.7. The van der Waals surface area contributed by atoms with Crippen LogP contribution in [-0.2, 0) is 0 Å². The second kappa shape index (κ2) is 5.20. The van der Waals surface area contributed by atoms with Gasteiger partial charge in [-0.3, -0.25) is 0 Å². The monoisotopic (exact) mass is 318 g/mol. The predicted molar refractivity (Wildman–Crippen MR) is 55.3 cm³/mol. The van der Waals surface area contributed by atoms with Gasteiger partial charge in [-0.25, -0.2) is 8.78 Å². The summed E-state index contributed by atoms with van der Waals surface area (Å²) >= 11 is 2.63. The maximum atomic E-state index is 13.4. The van der Waals surface area contributed by atoms with E-state index in [1.807, 2.05) is 0 Å². The van der Waals surface area contributed by atoms with Crippen molar-refractivity contribution >= 4 is 15.9 Å². The summed E-state index contributed by atoms with van der Waals surface area (Å²) in [5, 5.41) is 0. The molecule has 1 aromatic carbocycles. The van der Waals surface area contributed by atoms with E-state index in [0.717, 1.165) is 12.1 Å². The molecule has 0 saturated heterocycles. The summed E-state index contributed by atoms with van der Waals surface area (Å²) in [5.41, 5.74) is -0.650. The van der Waals surface area contributed by atoms with Crippen LogP contribution in [0.15, 0.2) is 12.1 Å². The largest absolute Gasteiger partial charge is 0.497 e. The van der Waals surface area contributed by atoms with Gasteiger partial charge in [0.1, 0.15) is 17.4 Å². The summed E-state index contributed by atoms with van der Waals surface area (Å²) in [5.74, 6) is -2.24. The first-order valence-electron chi connectivity index (χ1n) is 4.48. The molecule has 0 aliphatic carbocycles. The summed E-state index contributed by atoms with van der Waals surface area (Å²) in [6.07, 6.45) is -5.86. The Labute approximate surface area is 103 Å². The van der Waals surface area contributed by atoms with Crippen LogP contribution in [0.4, 0.5) is 22.0 Å². The van der Waals surface area contributed by atoms with Crippen LogP contribution < -0.4 is 4.74 Å². The van der Waals surface area contributed by atoms with Crippen LogP contribution in [0, 0.1) is 11.6 Å². The fraction of sp³-hybridized carbons (Fsp3) is 0.400. The molecule has 0 amide bonds. The zero-order chi connectivity index (χ0) is 13.2. The number of methoxy groups -OCH3 is 1. The molecule has 96 valence electrons. The lowest BCUT2D eigenvalue weighted by molar-refractivity contribution is -0.134. The highest BCUT2D eigenvalue weighted by Crippen LogP contribution is 2.38. The van der Waals surface area contributed by atoms with Crippen molar-refractivity contribution in [1.29, 1.82) is 0 Å². The van der Waals surface area contributed by atoms with Crippen LogP contribution in [0.5, 0.6) is 5.75 Å². The standard InChI is InChI=1S/C10H8BrF5O/c1-17-5-2-7(12)9(8(13)3-5)6(11)4-10(14,15)16/h2-3,6H,4H2,1H3. The number of rotatable bonds is 3. The van der Waals surface area contributed by atoms with Gasteiger partial charge in [-0.05, 0) is 0 Å². The highest BCUT2D eigenvalue weighted by atomic mass is 79.9. The number of ether oxygens (including phenoxy) is 1. The summed E-state index contributed by atoms with van der Waals surface area (Å²) in [4.78, 5) is -1.46. The lowest BCUT2D eigenvalue weighted by atomic mass is 10.1. The highest BCUT2D eigenvalue weighted by molar-refractivity contribution is 9.09. The minimum absolute atomic E-state index is 0.0875. The number of halogens is 6. The van der Waals surface area contributed by atoms with E-state index in [1.165, 1.54) is 7.11 Å². The van der Waals surface area contributed by atoms with Gasteiger partial charge in [-0.1, -0.05) is 15.9 Å². The second-order valence-electron chi connectivity index (χ2n) is 3.29. The third kappa shape index (κ3) is 3.83. The van der Waals surface area contributed by atoms with Crippen LogP contribution in [0.3, 0.4) is 0 Å². The van der Waals surface area contributed by atoms with E-state index in [-0.39, 0.29) is 5.75 Å². The molecule has 7 heteroatoms. The second-order valence-corrected chi connectivity index (χ2v) is 4.40. The highest BCUT2D eigenvalue weighted by Gasteiger charge is 2.33. The molecule has 0 N–H and O–H groups in total. The first-order chi connectivity index (χ1) is 7.74. The number of alkyl halides is 4. The minimum Gasteiger partial charge on any atom is -0.497 e. The molecule has 0 fully saturated rings. The van der Waals surface area contributed by atoms with E-state index in [4.69, 9.17) is 0 Å². The van der Waals surface area contributed by atoms with E-state index >= 15 is 0 Å². The summed E-state index contributed by atoms with van der Waals surface area (Å²) in [7, 11) is 1.20. The van der Waals surface area contributed by atoms with Gasteiger partial charge in [0.25, 0.3) is 0 Å². The Bertz CT molecular complexity index is 381. The van der Waals surface area contributed by atoms with Crippen molar-refractivity contribution in [3.63, 3.8) is 0 Å². The SMILES string of the molecule is COc1cc(F)c(C(Br)CC(F)(F)F)c(F)c1. The molecule has 1 unspecified atom stereocenters. The molecule has 0 saturated carbocycles. The van der Waals surface area contributed by atoms with Gasteiger partial charge in [0.05, 0.1) is 18.4 Å². The topological polar surface area (TPSA) is 9.23 Å². The third-order valence-electron chi connectivity index (χ3n) is 2.01. The van der Waals surface area contributed by atoms with Crippen LogP contribution >= 0.6 is 15.9 Å². The van der Waals surface area contributed by atoms with Gasteiger partial charge in [-0.15, -0.1) is 0 Å². The Balaban J connectivity index is 3.06. The van der Waals surface area contributed by atoms with Gasteiger partial charge < -0.3 is 4.74 Å². The van der Waals surface area contributed by atoms with E-state index in [2.05, 4.69) is 20.7 Å². The Hall–Kier alpha value is -0.850. The van der Waals surface area contributed by atoms with Crippen molar-refractivity contribution in [2.24, 2.45) is 0 Å². The van der Waals surface area contributed by atoms with E-state index in [9.17, 15) is 22.0 Å². The average Bonchev–Trinajstić information content (AvgIpc) is 2.13. The Morgan fingerprint density at radius 1 is 1.24 bits per heavy atom. The summed E-state index contributed by atoms with van der Waals surface area (Å²) in [6, 6.07) is 1.67. The molecule has 1 nitrogen and oxygen atoms in total. The lowest BCUT2D eigenvalue weighted by Gasteiger charge is -2.15. The van der Waals surface area contributed by atoms with Crippen molar-refractivity contribution < 1.29 is 26.7 Å². The van der Waals surface area contributed by atoms with Crippen LogP contribution in [0.2, 0.25) is 0 Å². The molecule has 0 heterocycles. The van der Waals surface area contributed by atoms with Crippen LogP contribution in [0.25, 0.3) is 0 Å². The van der Waals surface area contributed by atoms with Gasteiger partial charge in [0.15, 0.2) is 0 Å². The van der Waals surface area contributed by atoms with Crippen LogP contribution in [-0.4, -0.2) is 13.3 Å². The van der Waals surface area contributed by atoms with Crippen LogP contribution in [0.1, 0.15) is 16.8 Å². The van der Waals surface area contributed by atoms with E-state index < -0.39 is 34.6 Å². The minimum atomic E-state index is -4.51. The number of hydrogen-bond acceptors (Lipinski definition) is 1. The molecule has 0 aliphatic rings. The maximum absolute atomic E-state index is 13.4. The Morgan fingerprint density at radius 2 is 1.71 bits per heavy atom. The molecule has 0 spiro atoms. The molecule has 1 atom stereocenters. The van der Waals surface area contributed by atoms with Crippen molar-refractivity contribution in [3.05, 3.63) is 29.3 Å². The Kier molecular flexibility index (Phi) is 4.35.